The summed E-state index contributed by atoms with van der Waals surface area (Å²) in [6, 6.07) is 0. The summed E-state index contributed by atoms with van der Waals surface area (Å²) in [5.41, 5.74) is 0.306. The number of rotatable bonds is 3. The van der Waals surface area contributed by atoms with Gasteiger partial charge in [-0.2, -0.15) is 4.31 Å². The highest BCUT2D eigenvalue weighted by Crippen LogP contribution is 2.39. The minimum atomic E-state index is -3.25. The van der Waals surface area contributed by atoms with E-state index in [1.165, 1.54) is 0 Å². The minimum Gasteiger partial charge on any atom is -0.400 e. The summed E-state index contributed by atoms with van der Waals surface area (Å²) in [6.45, 7) is 10.1. The van der Waals surface area contributed by atoms with Gasteiger partial charge in [-0.05, 0) is 52.4 Å². The molecular formula is C16H28BNO5S. The largest absolute Gasteiger partial charge is 0.490 e. The van der Waals surface area contributed by atoms with Crippen LogP contribution < -0.4 is 0 Å². The summed E-state index contributed by atoms with van der Waals surface area (Å²) >= 11 is 0. The van der Waals surface area contributed by atoms with E-state index in [9.17, 15) is 8.42 Å². The van der Waals surface area contributed by atoms with Gasteiger partial charge in [0.15, 0.2) is 0 Å². The molecule has 3 heterocycles. The first-order chi connectivity index (χ1) is 11.1. The van der Waals surface area contributed by atoms with Gasteiger partial charge < -0.3 is 14.0 Å². The van der Waals surface area contributed by atoms with E-state index >= 15 is 0 Å². The number of nitrogens with zero attached hydrogens (tertiary/aromatic N) is 1. The Morgan fingerprint density at radius 3 is 2.21 bits per heavy atom. The Labute approximate surface area is 145 Å². The van der Waals surface area contributed by atoms with E-state index < -0.39 is 10.0 Å². The Morgan fingerprint density at radius 1 is 1.12 bits per heavy atom. The quantitative estimate of drug-likeness (QED) is 0.720. The van der Waals surface area contributed by atoms with Crippen LogP contribution in [0.2, 0.25) is 0 Å². The smallest absolute Gasteiger partial charge is 0.400 e. The molecule has 0 spiro atoms. The molecule has 0 bridgehead atoms. The second-order valence-corrected chi connectivity index (χ2v) is 10.0. The summed E-state index contributed by atoms with van der Waals surface area (Å²) in [7, 11) is -3.62. The van der Waals surface area contributed by atoms with Crippen molar-refractivity contribution < 1.29 is 22.5 Å². The zero-order chi connectivity index (χ0) is 17.6. The maximum absolute atomic E-state index is 12.8. The Bertz CT molecular complexity index is 594. The molecule has 0 amide bonds. The third-order valence-electron chi connectivity index (χ3n) is 5.71. The third-order valence-corrected chi connectivity index (χ3v) is 8.08. The fraction of sp³-hybridized carbons (Fsp3) is 0.875. The Balaban J connectivity index is 1.66. The maximum Gasteiger partial charge on any atom is 0.490 e. The van der Waals surface area contributed by atoms with Gasteiger partial charge in [0.2, 0.25) is 10.0 Å². The molecule has 0 aromatic heterocycles. The van der Waals surface area contributed by atoms with Gasteiger partial charge >= 0.3 is 7.12 Å². The molecule has 6 nitrogen and oxygen atoms in total. The fourth-order valence-electron chi connectivity index (χ4n) is 3.29. The van der Waals surface area contributed by atoms with Gasteiger partial charge in [0, 0.05) is 26.3 Å². The number of ether oxygens (including phenoxy) is 1. The number of hydrogen-bond donors (Lipinski definition) is 0. The molecule has 8 heteroatoms. The molecule has 0 atom stereocenters. The molecule has 0 aromatic carbocycles. The van der Waals surface area contributed by atoms with E-state index in [-0.39, 0.29) is 23.6 Å². The lowest BCUT2D eigenvalue weighted by Crippen LogP contribution is -2.44. The number of hydrogen-bond acceptors (Lipinski definition) is 5. The molecule has 3 rings (SSSR count). The molecule has 3 aliphatic rings. The second-order valence-electron chi connectivity index (χ2n) is 7.83. The van der Waals surface area contributed by atoms with Crippen LogP contribution in [-0.4, -0.2) is 62.6 Å². The Morgan fingerprint density at radius 2 is 1.71 bits per heavy atom. The van der Waals surface area contributed by atoms with Gasteiger partial charge in [0.05, 0.1) is 16.5 Å². The summed E-state index contributed by atoms with van der Waals surface area (Å²) in [5.74, 6) is 0. The molecular weight excluding hydrogens is 329 g/mol. The van der Waals surface area contributed by atoms with Crippen LogP contribution in [0.15, 0.2) is 11.5 Å². The van der Waals surface area contributed by atoms with Crippen molar-refractivity contribution in [3.63, 3.8) is 0 Å². The van der Waals surface area contributed by atoms with Gasteiger partial charge in [-0.3, -0.25) is 0 Å². The molecule has 0 saturated carbocycles. The Hall–Kier alpha value is -0.405. The highest BCUT2D eigenvalue weighted by Gasteiger charge is 2.52. The molecule has 0 aliphatic carbocycles. The van der Waals surface area contributed by atoms with Gasteiger partial charge in [0.25, 0.3) is 0 Å². The monoisotopic (exact) mass is 357 g/mol. The molecule has 2 fully saturated rings. The van der Waals surface area contributed by atoms with Gasteiger partial charge in [0.1, 0.15) is 0 Å². The lowest BCUT2D eigenvalue weighted by atomic mass is 9.75. The van der Waals surface area contributed by atoms with E-state index in [0.29, 0.717) is 45.6 Å². The number of sulfonamides is 1. The van der Waals surface area contributed by atoms with Gasteiger partial charge in [-0.1, -0.05) is 6.08 Å². The van der Waals surface area contributed by atoms with Crippen molar-refractivity contribution in [2.45, 2.75) is 63.4 Å². The van der Waals surface area contributed by atoms with E-state index in [1.807, 2.05) is 33.8 Å². The van der Waals surface area contributed by atoms with Crippen LogP contribution in [0.3, 0.4) is 0 Å². The van der Waals surface area contributed by atoms with E-state index in [4.69, 9.17) is 14.0 Å². The molecule has 0 aromatic rings. The van der Waals surface area contributed by atoms with Crippen molar-refractivity contribution in [1.29, 1.82) is 0 Å². The summed E-state index contributed by atoms with van der Waals surface area (Å²) in [6.07, 6.45) is 3.79. The SMILES string of the molecule is CC1(C)OB(C2=CCN(S(=O)(=O)C3CCOCC3)CC2)OC1(C)C. The average molecular weight is 357 g/mol. The first-order valence-corrected chi connectivity index (χ1v) is 10.2. The molecule has 0 unspecified atom stereocenters. The zero-order valence-corrected chi connectivity index (χ0v) is 15.9. The fourth-order valence-corrected chi connectivity index (χ4v) is 5.13. The zero-order valence-electron chi connectivity index (χ0n) is 15.1. The highest BCUT2D eigenvalue weighted by molar-refractivity contribution is 7.89. The van der Waals surface area contributed by atoms with Crippen LogP contribution in [-0.2, 0) is 24.1 Å². The normalized spacial score (nSPS) is 28.8. The van der Waals surface area contributed by atoms with Crippen molar-refractivity contribution in [2.24, 2.45) is 0 Å². The summed E-state index contributed by atoms with van der Waals surface area (Å²) in [4.78, 5) is 0. The summed E-state index contributed by atoms with van der Waals surface area (Å²) < 4.78 is 44.5. The molecule has 0 N–H and O–H groups in total. The van der Waals surface area contributed by atoms with Crippen LogP contribution in [0.4, 0.5) is 0 Å². The van der Waals surface area contributed by atoms with Crippen LogP contribution in [0, 0.1) is 0 Å². The topological polar surface area (TPSA) is 65.1 Å². The molecule has 2 saturated heterocycles. The van der Waals surface area contributed by atoms with Gasteiger partial charge in [-0.25, -0.2) is 8.42 Å². The lowest BCUT2D eigenvalue weighted by molar-refractivity contribution is 0.00578. The minimum absolute atomic E-state index is 0.307. The molecule has 136 valence electrons. The van der Waals surface area contributed by atoms with E-state index in [2.05, 4.69) is 0 Å². The standard InChI is InChI=1S/C16H28BNO5S/c1-15(2)16(3,4)23-17(22-15)13-5-9-18(10-6-13)24(19,20)14-7-11-21-12-8-14/h5,14H,6-12H2,1-4H3. The third kappa shape index (κ3) is 3.31. The van der Waals surface area contributed by atoms with E-state index in [1.54, 1.807) is 4.31 Å². The highest BCUT2D eigenvalue weighted by atomic mass is 32.2. The first kappa shape index (κ1) is 18.4. The second kappa shape index (κ2) is 6.39. The van der Waals surface area contributed by atoms with Crippen molar-refractivity contribution in [3.8, 4) is 0 Å². The van der Waals surface area contributed by atoms with Crippen LogP contribution >= 0.6 is 0 Å². The van der Waals surface area contributed by atoms with Crippen molar-refractivity contribution in [2.75, 3.05) is 26.3 Å². The predicted octanol–water partition coefficient (Wildman–Crippen LogP) is 1.76. The maximum atomic E-state index is 12.8. The van der Waals surface area contributed by atoms with Crippen molar-refractivity contribution >= 4 is 17.1 Å². The lowest BCUT2D eigenvalue weighted by Gasteiger charge is -2.32. The van der Waals surface area contributed by atoms with Crippen LogP contribution in [0.1, 0.15) is 47.0 Å². The molecule has 24 heavy (non-hydrogen) atoms. The Kier molecular flexibility index (Phi) is 4.90. The molecule has 3 aliphatic heterocycles. The van der Waals surface area contributed by atoms with Crippen molar-refractivity contribution in [3.05, 3.63) is 11.5 Å². The predicted molar refractivity (Wildman–Crippen MR) is 93.1 cm³/mol. The van der Waals surface area contributed by atoms with Crippen molar-refractivity contribution in [1.82, 2.24) is 4.31 Å². The van der Waals surface area contributed by atoms with E-state index in [0.717, 1.165) is 5.47 Å². The first-order valence-electron chi connectivity index (χ1n) is 8.75. The summed E-state index contributed by atoms with van der Waals surface area (Å²) in [5, 5.41) is -0.307. The molecule has 0 radical (unpaired) electrons. The van der Waals surface area contributed by atoms with Crippen LogP contribution in [0.5, 0.6) is 0 Å². The van der Waals surface area contributed by atoms with Crippen LogP contribution in [0.25, 0.3) is 0 Å². The average Bonchev–Trinajstić information content (AvgIpc) is 2.76. The van der Waals surface area contributed by atoms with Gasteiger partial charge in [-0.15, -0.1) is 0 Å².